The van der Waals surface area contributed by atoms with E-state index >= 15 is 0 Å². The number of primary sulfonamides is 1. The molecular formula is C16H13N3O3S. The van der Waals surface area contributed by atoms with Crippen molar-refractivity contribution in [2.75, 3.05) is 5.73 Å². The number of hydrogen-bond donors (Lipinski definition) is 2. The van der Waals surface area contributed by atoms with Crippen molar-refractivity contribution in [3.63, 3.8) is 0 Å². The molecule has 0 aliphatic carbocycles. The van der Waals surface area contributed by atoms with Crippen LogP contribution in [0.5, 0.6) is 0 Å². The number of sulfonamides is 1. The minimum absolute atomic E-state index is 0.120. The molecule has 4 N–H and O–H groups in total. The number of carbonyl (C=O) groups excluding carboxylic acids is 1. The van der Waals surface area contributed by atoms with E-state index in [1.807, 2.05) is 6.07 Å². The molecular weight excluding hydrogens is 314 g/mol. The lowest BCUT2D eigenvalue weighted by Crippen LogP contribution is -2.16. The Labute approximate surface area is 133 Å². The van der Waals surface area contributed by atoms with Gasteiger partial charge in [0.2, 0.25) is 10.0 Å². The lowest BCUT2D eigenvalue weighted by Gasteiger charge is -2.14. The monoisotopic (exact) mass is 327 g/mol. The number of anilines is 1. The van der Waals surface area contributed by atoms with Gasteiger partial charge in [0.1, 0.15) is 4.90 Å². The standard InChI is InChI=1S/C16H13N3O3S/c1-2-13(20)12-7-8-14(23(19,21)22)16(18)15(12)11-5-3-10(9-17)4-6-11/h2-8H,1,18H2,(H2,19,21,22). The van der Waals surface area contributed by atoms with Crippen LogP contribution in [0, 0.1) is 11.3 Å². The molecule has 0 bridgehead atoms. The molecule has 0 atom stereocenters. The van der Waals surface area contributed by atoms with Crippen molar-refractivity contribution >= 4 is 21.5 Å². The number of benzene rings is 2. The average Bonchev–Trinajstić information content (AvgIpc) is 2.52. The Morgan fingerprint density at radius 3 is 2.26 bits per heavy atom. The summed E-state index contributed by atoms with van der Waals surface area (Å²) in [5.41, 5.74) is 7.20. The van der Waals surface area contributed by atoms with Crippen LogP contribution in [0.4, 0.5) is 5.69 Å². The van der Waals surface area contributed by atoms with Crippen LogP contribution in [-0.2, 0) is 10.0 Å². The molecule has 0 fully saturated rings. The van der Waals surface area contributed by atoms with E-state index < -0.39 is 15.8 Å². The van der Waals surface area contributed by atoms with Gasteiger partial charge in [-0.05, 0) is 35.9 Å². The van der Waals surface area contributed by atoms with Crippen LogP contribution in [-0.4, -0.2) is 14.2 Å². The summed E-state index contributed by atoms with van der Waals surface area (Å²) in [6, 6.07) is 10.7. The van der Waals surface area contributed by atoms with Crippen molar-refractivity contribution in [2.45, 2.75) is 4.90 Å². The zero-order valence-corrected chi connectivity index (χ0v) is 12.8. The van der Waals surface area contributed by atoms with Crippen LogP contribution < -0.4 is 10.9 Å². The van der Waals surface area contributed by atoms with Crippen LogP contribution in [0.15, 0.2) is 53.9 Å². The molecule has 116 valence electrons. The van der Waals surface area contributed by atoms with Gasteiger partial charge in [0.25, 0.3) is 0 Å². The zero-order valence-electron chi connectivity index (χ0n) is 12.0. The molecule has 2 aromatic rings. The molecule has 2 rings (SSSR count). The van der Waals surface area contributed by atoms with Crippen molar-refractivity contribution in [3.8, 4) is 17.2 Å². The predicted molar refractivity (Wildman–Crippen MR) is 86.9 cm³/mol. The van der Waals surface area contributed by atoms with Gasteiger partial charge in [0.15, 0.2) is 5.78 Å². The fourth-order valence-electron chi connectivity index (χ4n) is 2.19. The molecule has 0 aromatic heterocycles. The van der Waals surface area contributed by atoms with Crippen LogP contribution in [0.3, 0.4) is 0 Å². The first kappa shape index (κ1) is 16.4. The van der Waals surface area contributed by atoms with Gasteiger partial charge in [0.05, 0.1) is 17.3 Å². The molecule has 0 amide bonds. The number of nitrogens with two attached hydrogens (primary N) is 2. The molecule has 0 aliphatic heterocycles. The predicted octanol–water partition coefficient (Wildman–Crippen LogP) is 1.82. The van der Waals surface area contributed by atoms with E-state index in [1.54, 1.807) is 24.3 Å². The number of rotatable bonds is 4. The summed E-state index contributed by atoms with van der Waals surface area (Å²) in [4.78, 5) is 11.8. The summed E-state index contributed by atoms with van der Waals surface area (Å²) in [7, 11) is -4.04. The second-order valence-corrected chi connectivity index (χ2v) is 6.23. The van der Waals surface area contributed by atoms with Crippen LogP contribution >= 0.6 is 0 Å². The van der Waals surface area contributed by atoms with Gasteiger partial charge >= 0.3 is 0 Å². The van der Waals surface area contributed by atoms with Gasteiger partial charge in [-0.1, -0.05) is 18.7 Å². The van der Waals surface area contributed by atoms with Gasteiger partial charge in [-0.3, -0.25) is 4.79 Å². The Hall–Kier alpha value is -2.95. The normalized spacial score (nSPS) is 10.8. The fraction of sp³-hybridized carbons (Fsp3) is 0. The number of allylic oxidation sites excluding steroid dienone is 1. The van der Waals surface area contributed by atoms with Crippen molar-refractivity contribution in [2.24, 2.45) is 5.14 Å². The van der Waals surface area contributed by atoms with Crippen molar-refractivity contribution in [1.82, 2.24) is 0 Å². The lowest BCUT2D eigenvalue weighted by atomic mass is 9.94. The van der Waals surface area contributed by atoms with E-state index in [0.717, 1.165) is 6.08 Å². The van der Waals surface area contributed by atoms with Crippen molar-refractivity contribution in [1.29, 1.82) is 5.26 Å². The van der Waals surface area contributed by atoms with Gasteiger partial charge in [0, 0.05) is 11.1 Å². The quantitative estimate of drug-likeness (QED) is 0.503. The van der Waals surface area contributed by atoms with E-state index in [2.05, 4.69) is 6.58 Å². The SMILES string of the molecule is C=CC(=O)c1ccc(S(N)(=O)=O)c(N)c1-c1ccc(C#N)cc1. The van der Waals surface area contributed by atoms with Crippen LogP contribution in [0.2, 0.25) is 0 Å². The van der Waals surface area contributed by atoms with E-state index in [9.17, 15) is 13.2 Å². The smallest absolute Gasteiger partial charge is 0.240 e. The molecule has 0 unspecified atom stereocenters. The van der Waals surface area contributed by atoms with E-state index in [4.69, 9.17) is 16.1 Å². The number of nitrogens with zero attached hydrogens (tertiary/aromatic N) is 1. The van der Waals surface area contributed by atoms with Crippen LogP contribution in [0.1, 0.15) is 15.9 Å². The summed E-state index contributed by atoms with van der Waals surface area (Å²) >= 11 is 0. The maximum atomic E-state index is 12.0. The molecule has 0 saturated carbocycles. The molecule has 0 aliphatic rings. The van der Waals surface area contributed by atoms with E-state index in [0.29, 0.717) is 11.1 Å². The first-order valence-corrected chi connectivity index (χ1v) is 7.96. The molecule has 7 heteroatoms. The largest absolute Gasteiger partial charge is 0.397 e. The summed E-state index contributed by atoms with van der Waals surface area (Å²) in [5.74, 6) is -0.406. The minimum Gasteiger partial charge on any atom is -0.397 e. The number of hydrogen-bond acceptors (Lipinski definition) is 5. The third-order valence-electron chi connectivity index (χ3n) is 3.27. The highest BCUT2D eigenvalue weighted by atomic mass is 32.2. The Balaban J connectivity index is 2.83. The van der Waals surface area contributed by atoms with Crippen molar-refractivity contribution < 1.29 is 13.2 Å². The van der Waals surface area contributed by atoms with Gasteiger partial charge in [-0.25, -0.2) is 13.6 Å². The zero-order chi connectivity index (χ0) is 17.2. The average molecular weight is 327 g/mol. The topological polar surface area (TPSA) is 127 Å². The maximum Gasteiger partial charge on any atom is 0.240 e. The Morgan fingerprint density at radius 2 is 1.78 bits per heavy atom. The summed E-state index contributed by atoms with van der Waals surface area (Å²) in [5, 5.41) is 14.0. The lowest BCUT2D eigenvalue weighted by molar-refractivity contribution is 0.104. The van der Waals surface area contributed by atoms with E-state index in [-0.39, 0.29) is 21.7 Å². The van der Waals surface area contributed by atoms with Crippen LogP contribution in [0.25, 0.3) is 11.1 Å². The number of carbonyl (C=O) groups is 1. The highest BCUT2D eigenvalue weighted by Gasteiger charge is 2.21. The van der Waals surface area contributed by atoms with Gasteiger partial charge in [-0.2, -0.15) is 5.26 Å². The summed E-state index contributed by atoms with van der Waals surface area (Å²) in [6.45, 7) is 3.42. The summed E-state index contributed by atoms with van der Waals surface area (Å²) in [6.07, 6.45) is 1.11. The molecule has 2 aromatic carbocycles. The van der Waals surface area contributed by atoms with Crippen molar-refractivity contribution in [3.05, 3.63) is 60.2 Å². The molecule has 23 heavy (non-hydrogen) atoms. The number of nitriles is 1. The molecule has 6 nitrogen and oxygen atoms in total. The first-order chi connectivity index (χ1) is 10.8. The molecule has 0 heterocycles. The highest BCUT2D eigenvalue weighted by Crippen LogP contribution is 2.34. The minimum atomic E-state index is -4.04. The third-order valence-corrected chi connectivity index (χ3v) is 4.23. The first-order valence-electron chi connectivity index (χ1n) is 6.42. The Bertz CT molecular complexity index is 940. The second kappa shape index (κ2) is 6.04. The molecule has 0 spiro atoms. The molecule has 0 radical (unpaired) electrons. The fourth-order valence-corrected chi connectivity index (χ4v) is 2.85. The number of ketones is 1. The van der Waals surface area contributed by atoms with Gasteiger partial charge in [-0.15, -0.1) is 0 Å². The summed E-state index contributed by atoms with van der Waals surface area (Å²) < 4.78 is 23.3. The highest BCUT2D eigenvalue weighted by molar-refractivity contribution is 7.89. The Kier molecular flexibility index (Phi) is 4.31. The maximum absolute atomic E-state index is 12.0. The van der Waals surface area contributed by atoms with E-state index in [1.165, 1.54) is 12.1 Å². The number of nitrogen functional groups attached to an aromatic ring is 1. The Morgan fingerprint density at radius 1 is 1.17 bits per heavy atom. The second-order valence-electron chi connectivity index (χ2n) is 4.70. The molecule has 0 saturated heterocycles. The third kappa shape index (κ3) is 3.13. The van der Waals surface area contributed by atoms with Gasteiger partial charge < -0.3 is 5.73 Å².